The van der Waals surface area contributed by atoms with E-state index in [2.05, 4.69) is 205 Å². The van der Waals surface area contributed by atoms with Gasteiger partial charge in [-0.1, -0.05) is 152 Å². The Morgan fingerprint density at radius 2 is 0.926 bits per heavy atom. The van der Waals surface area contributed by atoms with E-state index in [1.165, 1.54) is 59.8 Å². The van der Waals surface area contributed by atoms with E-state index in [0.29, 0.717) is 0 Å². The first kappa shape index (κ1) is 30.5. The van der Waals surface area contributed by atoms with Crippen LogP contribution in [0.2, 0.25) is 0 Å². The second kappa shape index (κ2) is 12.2. The summed E-state index contributed by atoms with van der Waals surface area (Å²) >= 11 is 0. The smallest absolute Gasteiger partial charge is 0.143 e. The minimum atomic E-state index is 0.868. The summed E-state index contributed by atoms with van der Waals surface area (Å²) in [5.74, 6) is 0. The lowest BCUT2D eigenvalue weighted by Gasteiger charge is -2.27. The fourth-order valence-electron chi connectivity index (χ4n) is 8.49. The molecule has 2 nitrogen and oxygen atoms in total. The normalized spacial score (nSPS) is 11.7. The highest BCUT2D eigenvalue weighted by atomic mass is 16.3. The van der Waals surface area contributed by atoms with Crippen LogP contribution in [0.25, 0.3) is 87.3 Å². The number of nitrogens with zero attached hydrogens (tertiary/aromatic N) is 1. The zero-order valence-corrected chi connectivity index (χ0v) is 29.4. The molecule has 0 radical (unpaired) electrons. The van der Waals surface area contributed by atoms with E-state index >= 15 is 0 Å². The summed E-state index contributed by atoms with van der Waals surface area (Å²) < 4.78 is 6.97. The van der Waals surface area contributed by atoms with Crippen LogP contribution >= 0.6 is 0 Å². The van der Waals surface area contributed by atoms with Gasteiger partial charge in [-0.2, -0.15) is 0 Å². The average molecular weight is 688 g/mol. The van der Waals surface area contributed by atoms with Gasteiger partial charge < -0.3 is 9.32 Å². The lowest BCUT2D eigenvalue weighted by molar-refractivity contribution is 0.670. The van der Waals surface area contributed by atoms with Crippen molar-refractivity contribution >= 4 is 82.1 Å². The van der Waals surface area contributed by atoms with Gasteiger partial charge in [-0.25, -0.2) is 0 Å². The van der Waals surface area contributed by atoms with Crippen LogP contribution in [0.5, 0.6) is 0 Å². The Balaban J connectivity index is 1.17. The fraction of sp³-hybridized carbons (Fsp3) is 0. The molecular weight excluding hydrogens is 655 g/mol. The van der Waals surface area contributed by atoms with Gasteiger partial charge in [0.2, 0.25) is 0 Å². The topological polar surface area (TPSA) is 16.4 Å². The highest BCUT2D eigenvalue weighted by Crippen LogP contribution is 2.47. The van der Waals surface area contributed by atoms with Crippen molar-refractivity contribution in [3.05, 3.63) is 200 Å². The molecule has 2 heteroatoms. The Kier molecular flexibility index (Phi) is 6.90. The zero-order valence-electron chi connectivity index (χ0n) is 29.4. The monoisotopic (exact) mass is 687 g/mol. The highest BCUT2D eigenvalue weighted by molar-refractivity contribution is 6.24. The van der Waals surface area contributed by atoms with Crippen LogP contribution in [-0.4, -0.2) is 0 Å². The number of hydrogen-bond acceptors (Lipinski definition) is 2. The summed E-state index contributed by atoms with van der Waals surface area (Å²) in [6.07, 6.45) is 0. The molecule has 0 aliphatic carbocycles. The van der Waals surface area contributed by atoms with Crippen molar-refractivity contribution < 1.29 is 4.42 Å². The van der Waals surface area contributed by atoms with Crippen LogP contribution in [0, 0.1) is 0 Å². The van der Waals surface area contributed by atoms with Gasteiger partial charge in [0.1, 0.15) is 11.2 Å². The minimum Gasteiger partial charge on any atom is -0.455 e. The predicted octanol–water partition coefficient (Wildman–Crippen LogP) is 15.0. The maximum Gasteiger partial charge on any atom is 0.143 e. The van der Waals surface area contributed by atoms with Crippen molar-refractivity contribution in [3.63, 3.8) is 0 Å². The van der Waals surface area contributed by atoms with Crippen LogP contribution in [0.1, 0.15) is 0 Å². The van der Waals surface area contributed by atoms with E-state index in [1.807, 2.05) is 0 Å². The van der Waals surface area contributed by atoms with Gasteiger partial charge in [-0.05, 0) is 103 Å². The molecule has 0 amide bonds. The molecule has 1 heterocycles. The van der Waals surface area contributed by atoms with E-state index in [4.69, 9.17) is 4.42 Å². The number of fused-ring (bicyclic) bond motifs is 8. The molecule has 0 saturated heterocycles. The third-order valence-corrected chi connectivity index (χ3v) is 11.0. The predicted molar refractivity (Wildman–Crippen MR) is 229 cm³/mol. The summed E-state index contributed by atoms with van der Waals surface area (Å²) in [6.45, 7) is 0. The first-order valence-electron chi connectivity index (χ1n) is 18.5. The third-order valence-electron chi connectivity index (χ3n) is 11.0. The minimum absolute atomic E-state index is 0.868. The molecular formula is C52H33NO. The van der Waals surface area contributed by atoms with E-state index in [9.17, 15) is 0 Å². The number of rotatable bonds is 5. The molecule has 0 saturated carbocycles. The molecule has 0 bridgehead atoms. The number of furan rings is 1. The largest absolute Gasteiger partial charge is 0.455 e. The van der Waals surface area contributed by atoms with Crippen molar-refractivity contribution in [2.24, 2.45) is 0 Å². The third kappa shape index (κ3) is 4.81. The van der Waals surface area contributed by atoms with Crippen molar-refractivity contribution in [3.8, 4) is 22.3 Å². The van der Waals surface area contributed by atoms with Crippen LogP contribution in [0.3, 0.4) is 0 Å². The lowest BCUT2D eigenvalue weighted by Crippen LogP contribution is -2.10. The van der Waals surface area contributed by atoms with Crippen LogP contribution in [-0.2, 0) is 0 Å². The van der Waals surface area contributed by atoms with Crippen molar-refractivity contribution in [2.45, 2.75) is 0 Å². The molecule has 0 fully saturated rings. The number of hydrogen-bond donors (Lipinski definition) is 0. The summed E-state index contributed by atoms with van der Waals surface area (Å²) in [6, 6.07) is 72.1. The molecule has 0 N–H and O–H groups in total. The number of anilines is 3. The molecule has 0 atom stereocenters. The number of benzene rings is 10. The van der Waals surface area contributed by atoms with E-state index < -0.39 is 0 Å². The maximum absolute atomic E-state index is 6.97. The molecule has 1 aromatic heterocycles. The molecule has 0 aliphatic heterocycles. The van der Waals surface area contributed by atoms with Crippen molar-refractivity contribution in [1.82, 2.24) is 0 Å². The summed E-state index contributed by atoms with van der Waals surface area (Å²) in [5.41, 5.74) is 9.76. The van der Waals surface area contributed by atoms with Gasteiger partial charge in [0, 0.05) is 33.1 Å². The van der Waals surface area contributed by atoms with E-state index in [-0.39, 0.29) is 0 Å². The quantitative estimate of drug-likeness (QED) is 0.168. The second-order valence-corrected chi connectivity index (χ2v) is 14.1. The van der Waals surface area contributed by atoms with Gasteiger partial charge in [-0.15, -0.1) is 0 Å². The maximum atomic E-state index is 6.97. The first-order valence-corrected chi connectivity index (χ1v) is 18.5. The molecule has 0 spiro atoms. The SMILES string of the molecule is c1ccc(-c2ccc(N(c3ccc4oc5c(-c6cc7ccccc7c7ccccc67)c6ccccc6cc5c4c3)c3cccc4ccccc34)cc2)cc1. The Morgan fingerprint density at radius 3 is 1.72 bits per heavy atom. The summed E-state index contributed by atoms with van der Waals surface area (Å²) in [5, 5.41) is 11.9. The molecule has 0 unspecified atom stereocenters. The lowest BCUT2D eigenvalue weighted by atomic mass is 9.89. The molecule has 11 rings (SSSR count). The molecule has 252 valence electrons. The van der Waals surface area contributed by atoms with E-state index in [0.717, 1.165) is 44.6 Å². The Hall–Kier alpha value is -7.16. The fourth-order valence-corrected chi connectivity index (χ4v) is 8.49. The second-order valence-electron chi connectivity index (χ2n) is 14.1. The first-order chi connectivity index (χ1) is 26.8. The van der Waals surface area contributed by atoms with Gasteiger partial charge in [0.25, 0.3) is 0 Å². The molecule has 11 aromatic rings. The van der Waals surface area contributed by atoms with Gasteiger partial charge in [-0.3, -0.25) is 0 Å². The Bertz CT molecular complexity index is 3210. The highest BCUT2D eigenvalue weighted by Gasteiger charge is 2.22. The summed E-state index contributed by atoms with van der Waals surface area (Å²) in [4.78, 5) is 2.38. The van der Waals surface area contributed by atoms with Crippen molar-refractivity contribution in [2.75, 3.05) is 4.90 Å². The van der Waals surface area contributed by atoms with Crippen LogP contribution < -0.4 is 4.90 Å². The average Bonchev–Trinajstić information content (AvgIpc) is 3.60. The van der Waals surface area contributed by atoms with Crippen LogP contribution in [0.15, 0.2) is 205 Å². The van der Waals surface area contributed by atoms with Gasteiger partial charge in [0.05, 0.1) is 5.69 Å². The standard InChI is InChI=1S/C52H33NO/c1-2-13-34(14-3-1)35-25-27-39(28-26-35)53(49-24-12-18-36-15-4-8-20-42(36)49)40-29-30-50-46(33-40)48-32-38-17-6-9-21-43(38)51(52(48)54-50)47-31-37-16-5-7-19-41(37)44-22-10-11-23-45(44)47/h1-33H. The van der Waals surface area contributed by atoms with Crippen molar-refractivity contribution in [1.29, 1.82) is 0 Å². The Labute approximate surface area is 312 Å². The molecule has 0 aliphatic rings. The zero-order chi connectivity index (χ0) is 35.6. The molecule has 10 aromatic carbocycles. The van der Waals surface area contributed by atoms with Gasteiger partial charge >= 0.3 is 0 Å². The van der Waals surface area contributed by atoms with Gasteiger partial charge in [0.15, 0.2) is 0 Å². The van der Waals surface area contributed by atoms with E-state index in [1.54, 1.807) is 0 Å². The summed E-state index contributed by atoms with van der Waals surface area (Å²) in [7, 11) is 0. The Morgan fingerprint density at radius 1 is 0.333 bits per heavy atom. The van der Waals surface area contributed by atoms with Crippen LogP contribution in [0.4, 0.5) is 17.1 Å². The molecule has 54 heavy (non-hydrogen) atoms.